The number of aliphatic carboxylic acids is 1. The second-order valence-corrected chi connectivity index (χ2v) is 4.94. The maximum Gasteiger partial charge on any atom is 0.308 e. The number of carbonyl (C=O) groups is 2. The molecule has 5 nitrogen and oxygen atoms in total. The molecule has 0 aliphatic carbocycles. The molecule has 1 fully saturated rings. The molecule has 1 heterocycles. The normalized spacial score (nSPS) is 19.6. The van der Waals surface area contributed by atoms with Gasteiger partial charge >= 0.3 is 5.97 Å². The van der Waals surface area contributed by atoms with Crippen LogP contribution in [0.25, 0.3) is 0 Å². The van der Waals surface area contributed by atoms with E-state index in [2.05, 4.69) is 0 Å². The minimum Gasteiger partial charge on any atom is -0.481 e. The van der Waals surface area contributed by atoms with Gasteiger partial charge < -0.3 is 14.7 Å². The predicted octanol–water partition coefficient (Wildman–Crippen LogP) is 1.78. The number of amides is 1. The van der Waals surface area contributed by atoms with Gasteiger partial charge in [0, 0.05) is 13.1 Å². The third-order valence-corrected chi connectivity index (χ3v) is 3.52. The van der Waals surface area contributed by atoms with Crippen LogP contribution in [0.3, 0.4) is 0 Å². The van der Waals surface area contributed by atoms with E-state index in [4.69, 9.17) is 9.84 Å². The molecule has 2 rings (SSSR count). The smallest absolute Gasteiger partial charge is 0.308 e. The third kappa shape index (κ3) is 3.29. The minimum absolute atomic E-state index is 0.125. The largest absolute Gasteiger partial charge is 0.481 e. The van der Waals surface area contributed by atoms with E-state index < -0.39 is 18.0 Å². The maximum absolute atomic E-state index is 12.4. The quantitative estimate of drug-likeness (QED) is 0.890. The average molecular weight is 277 g/mol. The van der Waals surface area contributed by atoms with Gasteiger partial charge in [0.05, 0.1) is 5.92 Å². The summed E-state index contributed by atoms with van der Waals surface area (Å²) in [4.78, 5) is 24.9. The van der Waals surface area contributed by atoms with E-state index in [1.54, 1.807) is 17.0 Å². The first-order valence-corrected chi connectivity index (χ1v) is 6.85. The van der Waals surface area contributed by atoms with E-state index in [9.17, 15) is 9.59 Å². The summed E-state index contributed by atoms with van der Waals surface area (Å²) in [5, 5.41) is 8.97. The Hall–Kier alpha value is -2.04. The molecule has 0 spiro atoms. The summed E-state index contributed by atoms with van der Waals surface area (Å²) in [6.45, 7) is 2.66. The molecule has 1 saturated heterocycles. The summed E-state index contributed by atoms with van der Waals surface area (Å²) in [6.07, 6.45) is 0.523. The van der Waals surface area contributed by atoms with Crippen LogP contribution in [0.2, 0.25) is 0 Å². The van der Waals surface area contributed by atoms with Crippen molar-refractivity contribution in [1.29, 1.82) is 0 Å². The van der Waals surface area contributed by atoms with Crippen LogP contribution in [-0.2, 0) is 9.59 Å². The number of likely N-dealkylation sites (tertiary alicyclic amines) is 1. The number of carbonyl (C=O) groups excluding carboxylic acids is 1. The van der Waals surface area contributed by atoms with Crippen LogP contribution in [0, 0.1) is 5.92 Å². The lowest BCUT2D eigenvalue weighted by Gasteiger charge is -2.23. The number of para-hydroxylation sites is 1. The van der Waals surface area contributed by atoms with E-state index in [0.717, 1.165) is 0 Å². The lowest BCUT2D eigenvalue weighted by molar-refractivity contribution is -0.142. The van der Waals surface area contributed by atoms with Gasteiger partial charge in [-0.1, -0.05) is 25.1 Å². The highest BCUT2D eigenvalue weighted by Gasteiger charge is 2.34. The van der Waals surface area contributed by atoms with E-state index in [0.29, 0.717) is 25.1 Å². The molecule has 5 heteroatoms. The molecule has 0 bridgehead atoms. The van der Waals surface area contributed by atoms with Gasteiger partial charge in [-0.2, -0.15) is 0 Å². The van der Waals surface area contributed by atoms with Gasteiger partial charge in [0.25, 0.3) is 5.91 Å². The zero-order chi connectivity index (χ0) is 14.5. The molecule has 2 unspecified atom stereocenters. The number of carboxylic acids is 1. The van der Waals surface area contributed by atoms with Crippen LogP contribution in [0.1, 0.15) is 19.8 Å². The Labute approximate surface area is 118 Å². The Kier molecular flexibility index (Phi) is 4.61. The van der Waals surface area contributed by atoms with Crippen molar-refractivity contribution in [3.8, 4) is 5.75 Å². The van der Waals surface area contributed by atoms with E-state index in [1.807, 2.05) is 25.1 Å². The van der Waals surface area contributed by atoms with Crippen LogP contribution >= 0.6 is 0 Å². The van der Waals surface area contributed by atoms with Gasteiger partial charge in [-0.3, -0.25) is 9.59 Å². The fraction of sp³-hybridized carbons (Fsp3) is 0.467. The van der Waals surface area contributed by atoms with Crippen molar-refractivity contribution in [2.75, 3.05) is 13.1 Å². The number of ether oxygens (including phenoxy) is 1. The average Bonchev–Trinajstić information content (AvgIpc) is 2.95. The number of nitrogens with zero attached hydrogens (tertiary/aromatic N) is 1. The van der Waals surface area contributed by atoms with Crippen LogP contribution in [-0.4, -0.2) is 41.1 Å². The molecule has 1 amide bonds. The highest BCUT2D eigenvalue weighted by molar-refractivity contribution is 5.82. The lowest BCUT2D eigenvalue weighted by atomic mass is 10.1. The summed E-state index contributed by atoms with van der Waals surface area (Å²) < 4.78 is 5.69. The molecule has 108 valence electrons. The summed E-state index contributed by atoms with van der Waals surface area (Å²) in [6, 6.07) is 9.19. The molecule has 20 heavy (non-hydrogen) atoms. The first kappa shape index (κ1) is 14.4. The Morgan fingerprint density at radius 2 is 2.10 bits per heavy atom. The zero-order valence-electron chi connectivity index (χ0n) is 11.5. The van der Waals surface area contributed by atoms with Gasteiger partial charge in [0.1, 0.15) is 5.75 Å². The number of hydrogen-bond acceptors (Lipinski definition) is 3. The molecule has 1 aromatic rings. The van der Waals surface area contributed by atoms with Crippen molar-refractivity contribution in [2.24, 2.45) is 5.92 Å². The molecule has 1 N–H and O–H groups in total. The van der Waals surface area contributed by atoms with Gasteiger partial charge in [-0.15, -0.1) is 0 Å². The highest BCUT2D eigenvalue weighted by atomic mass is 16.5. The summed E-state index contributed by atoms with van der Waals surface area (Å²) >= 11 is 0. The molecule has 0 saturated carbocycles. The molecule has 2 atom stereocenters. The lowest BCUT2D eigenvalue weighted by Crippen LogP contribution is -2.40. The first-order valence-electron chi connectivity index (χ1n) is 6.85. The second-order valence-electron chi connectivity index (χ2n) is 4.94. The van der Waals surface area contributed by atoms with Crippen molar-refractivity contribution >= 4 is 11.9 Å². The topological polar surface area (TPSA) is 66.8 Å². The predicted molar refractivity (Wildman–Crippen MR) is 73.5 cm³/mol. The van der Waals surface area contributed by atoms with E-state index in [1.165, 1.54) is 0 Å². The van der Waals surface area contributed by atoms with Crippen molar-refractivity contribution < 1.29 is 19.4 Å². The van der Waals surface area contributed by atoms with Crippen LogP contribution in [0.15, 0.2) is 30.3 Å². The zero-order valence-corrected chi connectivity index (χ0v) is 11.5. The summed E-state index contributed by atoms with van der Waals surface area (Å²) in [5.41, 5.74) is 0. The Morgan fingerprint density at radius 3 is 2.65 bits per heavy atom. The fourth-order valence-electron chi connectivity index (χ4n) is 2.34. The number of rotatable bonds is 5. The number of benzene rings is 1. The Balaban J connectivity index is 1.98. The number of hydrogen-bond donors (Lipinski definition) is 1. The SMILES string of the molecule is CCC(Oc1ccccc1)C(=O)N1CCC(C(=O)O)C1. The minimum atomic E-state index is -0.836. The summed E-state index contributed by atoms with van der Waals surface area (Å²) in [7, 11) is 0. The maximum atomic E-state index is 12.4. The molecule has 1 aromatic carbocycles. The first-order chi connectivity index (χ1) is 9.61. The van der Waals surface area contributed by atoms with E-state index >= 15 is 0 Å². The van der Waals surface area contributed by atoms with Crippen LogP contribution < -0.4 is 4.74 Å². The number of carboxylic acid groups (broad SMARTS) is 1. The molecule has 1 aliphatic heterocycles. The Bertz CT molecular complexity index is 474. The van der Waals surface area contributed by atoms with Crippen LogP contribution in [0.5, 0.6) is 5.75 Å². The highest BCUT2D eigenvalue weighted by Crippen LogP contribution is 2.20. The molecular weight excluding hydrogens is 258 g/mol. The fourth-order valence-corrected chi connectivity index (χ4v) is 2.34. The van der Waals surface area contributed by atoms with Gasteiger partial charge in [0.2, 0.25) is 0 Å². The molecule has 1 aliphatic rings. The monoisotopic (exact) mass is 277 g/mol. The van der Waals surface area contributed by atoms with Crippen molar-refractivity contribution in [3.05, 3.63) is 30.3 Å². The van der Waals surface area contributed by atoms with Gasteiger partial charge in [-0.05, 0) is 25.0 Å². The van der Waals surface area contributed by atoms with Gasteiger partial charge in [-0.25, -0.2) is 0 Å². The van der Waals surface area contributed by atoms with Gasteiger partial charge in [0.15, 0.2) is 6.10 Å². The second kappa shape index (κ2) is 6.41. The third-order valence-electron chi connectivity index (χ3n) is 3.52. The molecular formula is C15H19NO4. The van der Waals surface area contributed by atoms with Crippen molar-refractivity contribution in [1.82, 2.24) is 4.90 Å². The Morgan fingerprint density at radius 1 is 1.40 bits per heavy atom. The van der Waals surface area contributed by atoms with Crippen molar-refractivity contribution in [3.63, 3.8) is 0 Å². The van der Waals surface area contributed by atoms with Crippen molar-refractivity contribution in [2.45, 2.75) is 25.9 Å². The standard InChI is InChI=1S/C15H19NO4/c1-2-13(20-12-6-4-3-5-7-12)14(17)16-9-8-11(10-16)15(18)19/h3-7,11,13H,2,8-10H2,1H3,(H,18,19). The molecule has 0 radical (unpaired) electrons. The molecule has 0 aromatic heterocycles. The summed E-state index contributed by atoms with van der Waals surface area (Å²) in [5.74, 6) is -0.757. The van der Waals surface area contributed by atoms with E-state index in [-0.39, 0.29) is 12.5 Å². The van der Waals surface area contributed by atoms with Crippen LogP contribution in [0.4, 0.5) is 0 Å².